The molecule has 0 amide bonds. The highest BCUT2D eigenvalue weighted by molar-refractivity contribution is 5.75. The van der Waals surface area contributed by atoms with Crippen molar-refractivity contribution in [2.75, 3.05) is 0 Å². The van der Waals surface area contributed by atoms with E-state index < -0.39 is 5.97 Å². The van der Waals surface area contributed by atoms with Gasteiger partial charge >= 0.3 is 11.9 Å². The smallest absolute Gasteiger partial charge is 0.309 e. The molecule has 188 valence electrons. The van der Waals surface area contributed by atoms with Gasteiger partial charge in [0.15, 0.2) is 0 Å². The van der Waals surface area contributed by atoms with Gasteiger partial charge in [0.25, 0.3) is 0 Å². The Bertz CT molecular complexity index is 488. The van der Waals surface area contributed by atoms with Crippen LogP contribution in [0.25, 0.3) is 0 Å². The van der Waals surface area contributed by atoms with Crippen molar-refractivity contribution in [2.45, 2.75) is 149 Å². The van der Waals surface area contributed by atoms with Gasteiger partial charge in [-0.25, -0.2) is 0 Å². The molecule has 4 heteroatoms. The second-order valence-electron chi connectivity index (χ2n) is 10.6. The average molecular weight is 453 g/mol. The third-order valence-corrected chi connectivity index (χ3v) is 7.08. The van der Waals surface area contributed by atoms with Crippen LogP contribution >= 0.6 is 0 Å². The molecule has 3 atom stereocenters. The number of hydrogen-bond donors (Lipinski definition) is 1. The Hall–Kier alpha value is -1.06. The summed E-state index contributed by atoms with van der Waals surface area (Å²) >= 11 is 0. The van der Waals surface area contributed by atoms with E-state index in [4.69, 9.17) is 4.74 Å². The first-order chi connectivity index (χ1) is 15.4. The molecule has 0 saturated heterocycles. The number of carbonyl (C=O) groups excluding carboxylic acids is 1. The van der Waals surface area contributed by atoms with Gasteiger partial charge in [0.2, 0.25) is 0 Å². The van der Waals surface area contributed by atoms with Crippen molar-refractivity contribution in [1.82, 2.24) is 0 Å². The first-order valence-electron chi connectivity index (χ1n) is 13.9. The van der Waals surface area contributed by atoms with Crippen LogP contribution in [0.3, 0.4) is 0 Å². The number of esters is 1. The van der Waals surface area contributed by atoms with Crippen LogP contribution in [0.4, 0.5) is 0 Å². The zero-order valence-electron chi connectivity index (χ0n) is 21.4. The van der Waals surface area contributed by atoms with Crippen molar-refractivity contribution in [2.24, 2.45) is 17.8 Å². The normalized spacial score (nSPS) is 19.8. The highest BCUT2D eigenvalue weighted by atomic mass is 16.5. The summed E-state index contributed by atoms with van der Waals surface area (Å²) in [7, 11) is 0. The average Bonchev–Trinajstić information content (AvgIpc) is 2.77. The largest absolute Gasteiger partial charge is 0.481 e. The van der Waals surface area contributed by atoms with Crippen LogP contribution in [0.5, 0.6) is 0 Å². The minimum absolute atomic E-state index is 0.0142. The summed E-state index contributed by atoms with van der Waals surface area (Å²) in [6, 6.07) is 0. The van der Waals surface area contributed by atoms with E-state index in [1.165, 1.54) is 70.6 Å². The summed E-state index contributed by atoms with van der Waals surface area (Å²) in [5.74, 6) is -0.688. The van der Waals surface area contributed by atoms with E-state index in [1.807, 2.05) is 0 Å². The molecule has 1 saturated carbocycles. The Balaban J connectivity index is 2.33. The zero-order valence-corrected chi connectivity index (χ0v) is 21.4. The van der Waals surface area contributed by atoms with Crippen LogP contribution in [0.15, 0.2) is 0 Å². The second kappa shape index (κ2) is 18.4. The van der Waals surface area contributed by atoms with Gasteiger partial charge in [-0.2, -0.15) is 0 Å². The van der Waals surface area contributed by atoms with Crippen LogP contribution in [0, 0.1) is 17.8 Å². The van der Waals surface area contributed by atoms with Crippen molar-refractivity contribution in [3.63, 3.8) is 0 Å². The molecule has 0 bridgehead atoms. The number of carboxylic acids is 1. The van der Waals surface area contributed by atoms with E-state index in [-0.39, 0.29) is 23.9 Å². The Morgan fingerprint density at radius 3 is 1.81 bits per heavy atom. The highest BCUT2D eigenvalue weighted by Gasteiger charge is 2.32. The minimum atomic E-state index is -0.765. The topological polar surface area (TPSA) is 63.6 Å². The number of unbranched alkanes of at least 4 members (excludes halogenated alkanes) is 10. The summed E-state index contributed by atoms with van der Waals surface area (Å²) in [6.45, 7) is 6.82. The molecule has 32 heavy (non-hydrogen) atoms. The van der Waals surface area contributed by atoms with Gasteiger partial charge in [-0.05, 0) is 50.9 Å². The number of rotatable bonds is 19. The second-order valence-corrected chi connectivity index (χ2v) is 10.6. The molecule has 3 unspecified atom stereocenters. The van der Waals surface area contributed by atoms with E-state index in [0.717, 1.165) is 44.4 Å². The number of ether oxygens (including phenoxy) is 1. The van der Waals surface area contributed by atoms with Crippen molar-refractivity contribution < 1.29 is 19.4 Å². The van der Waals surface area contributed by atoms with Crippen LogP contribution in [0.2, 0.25) is 0 Å². The summed E-state index contributed by atoms with van der Waals surface area (Å²) in [5, 5.41) is 9.31. The van der Waals surface area contributed by atoms with Gasteiger partial charge in [0, 0.05) is 0 Å². The zero-order chi connectivity index (χ0) is 23.6. The van der Waals surface area contributed by atoms with Crippen molar-refractivity contribution in [3.8, 4) is 0 Å². The third kappa shape index (κ3) is 14.2. The van der Waals surface area contributed by atoms with Crippen molar-refractivity contribution >= 4 is 11.9 Å². The Labute approximate surface area is 198 Å². The SMILES string of the molecule is CCCCCCCC(CCCCCCCCCC(C)C)OC(=O)C1CCCC(C(=O)O)C1. The van der Waals surface area contributed by atoms with Gasteiger partial charge in [-0.3, -0.25) is 9.59 Å². The number of carbonyl (C=O) groups is 2. The molecule has 1 rings (SSSR count). The number of hydrogen-bond acceptors (Lipinski definition) is 3. The standard InChI is InChI=1S/C28H52O4/c1-4-5-6-10-14-20-26(21-15-12-9-7-8-11-13-17-23(2)3)32-28(31)25-19-16-18-24(22-25)27(29)30/h23-26H,4-22H2,1-3H3,(H,29,30). The molecule has 1 fully saturated rings. The van der Waals surface area contributed by atoms with E-state index >= 15 is 0 Å². The van der Waals surface area contributed by atoms with Crippen molar-refractivity contribution in [1.29, 1.82) is 0 Å². The molecule has 0 aromatic carbocycles. The molecular weight excluding hydrogens is 400 g/mol. The lowest BCUT2D eigenvalue weighted by Gasteiger charge is -2.27. The Morgan fingerprint density at radius 1 is 0.781 bits per heavy atom. The lowest BCUT2D eigenvalue weighted by Crippen LogP contribution is -2.31. The molecular formula is C28H52O4. The summed E-state index contributed by atoms with van der Waals surface area (Å²) in [4.78, 5) is 24.1. The molecule has 1 aliphatic rings. The first kappa shape index (κ1) is 29.0. The maximum Gasteiger partial charge on any atom is 0.309 e. The van der Waals surface area contributed by atoms with E-state index in [2.05, 4.69) is 20.8 Å². The number of carboxylic acid groups (broad SMARTS) is 1. The monoisotopic (exact) mass is 452 g/mol. The lowest BCUT2D eigenvalue weighted by atomic mass is 9.81. The van der Waals surface area contributed by atoms with Crippen LogP contribution < -0.4 is 0 Å². The first-order valence-corrected chi connectivity index (χ1v) is 13.9. The van der Waals surface area contributed by atoms with Crippen LogP contribution in [-0.4, -0.2) is 23.1 Å². The van der Waals surface area contributed by atoms with Crippen LogP contribution in [-0.2, 0) is 14.3 Å². The van der Waals surface area contributed by atoms with Gasteiger partial charge in [-0.1, -0.05) is 97.8 Å². The molecule has 0 aromatic rings. The fraction of sp³-hybridized carbons (Fsp3) is 0.929. The van der Waals surface area contributed by atoms with Crippen molar-refractivity contribution in [3.05, 3.63) is 0 Å². The summed E-state index contributed by atoms with van der Waals surface area (Å²) in [6.07, 6.45) is 21.1. The predicted octanol–water partition coefficient (Wildman–Crippen LogP) is 8.32. The molecule has 1 aliphatic carbocycles. The maximum absolute atomic E-state index is 12.8. The molecule has 4 nitrogen and oxygen atoms in total. The quantitative estimate of drug-likeness (QED) is 0.158. The number of aliphatic carboxylic acids is 1. The minimum Gasteiger partial charge on any atom is -0.481 e. The maximum atomic E-state index is 12.8. The Kier molecular flexibility index (Phi) is 16.6. The summed E-state index contributed by atoms with van der Waals surface area (Å²) in [5.41, 5.74) is 0. The third-order valence-electron chi connectivity index (χ3n) is 7.08. The summed E-state index contributed by atoms with van der Waals surface area (Å²) < 4.78 is 5.97. The lowest BCUT2D eigenvalue weighted by molar-refractivity contribution is -0.158. The Morgan fingerprint density at radius 2 is 1.28 bits per heavy atom. The molecule has 0 aromatic heterocycles. The van der Waals surface area contributed by atoms with Gasteiger partial charge in [0.1, 0.15) is 6.10 Å². The highest BCUT2D eigenvalue weighted by Crippen LogP contribution is 2.31. The molecule has 0 radical (unpaired) electrons. The molecule has 1 N–H and O–H groups in total. The van der Waals surface area contributed by atoms with Gasteiger partial charge in [0.05, 0.1) is 11.8 Å². The fourth-order valence-corrected chi connectivity index (χ4v) is 4.93. The predicted molar refractivity (Wildman–Crippen MR) is 133 cm³/mol. The van der Waals surface area contributed by atoms with E-state index in [9.17, 15) is 14.7 Å². The fourth-order valence-electron chi connectivity index (χ4n) is 4.93. The molecule has 0 spiro atoms. The molecule has 0 heterocycles. The van der Waals surface area contributed by atoms with Gasteiger partial charge < -0.3 is 9.84 Å². The van der Waals surface area contributed by atoms with Crippen LogP contribution in [0.1, 0.15) is 143 Å². The van der Waals surface area contributed by atoms with E-state index in [0.29, 0.717) is 12.8 Å². The van der Waals surface area contributed by atoms with E-state index in [1.54, 1.807) is 0 Å². The molecule has 0 aliphatic heterocycles. The van der Waals surface area contributed by atoms with Gasteiger partial charge in [-0.15, -0.1) is 0 Å².